The molecule has 20 heavy (non-hydrogen) atoms. The SMILES string of the molecule is CN(Cc1ccc(C#CCO)cc1)C(=O)C1CCCS1. The minimum atomic E-state index is -0.127. The van der Waals surface area contributed by atoms with E-state index in [0.29, 0.717) is 6.54 Å². The fourth-order valence-corrected chi connectivity index (χ4v) is 3.48. The van der Waals surface area contributed by atoms with Gasteiger partial charge in [0, 0.05) is 19.2 Å². The fourth-order valence-electron chi connectivity index (χ4n) is 2.21. The molecule has 0 radical (unpaired) electrons. The van der Waals surface area contributed by atoms with Crippen molar-refractivity contribution in [3.05, 3.63) is 35.4 Å². The van der Waals surface area contributed by atoms with E-state index in [2.05, 4.69) is 11.8 Å². The second-order valence-corrected chi connectivity index (χ2v) is 6.16. The molecule has 1 fully saturated rings. The first-order chi connectivity index (χ1) is 9.70. The van der Waals surface area contributed by atoms with Crippen LogP contribution in [0.3, 0.4) is 0 Å². The number of benzene rings is 1. The van der Waals surface area contributed by atoms with Crippen molar-refractivity contribution in [1.82, 2.24) is 4.90 Å². The van der Waals surface area contributed by atoms with Gasteiger partial charge >= 0.3 is 0 Å². The molecule has 1 aromatic carbocycles. The maximum atomic E-state index is 12.2. The lowest BCUT2D eigenvalue weighted by Crippen LogP contribution is -2.33. The second kappa shape index (κ2) is 7.37. The Morgan fingerprint density at radius 1 is 1.45 bits per heavy atom. The van der Waals surface area contributed by atoms with Gasteiger partial charge in [-0.25, -0.2) is 0 Å². The maximum absolute atomic E-state index is 12.2. The highest BCUT2D eigenvalue weighted by molar-refractivity contribution is 8.00. The third kappa shape index (κ3) is 4.03. The van der Waals surface area contributed by atoms with Crippen LogP contribution >= 0.6 is 11.8 Å². The van der Waals surface area contributed by atoms with E-state index in [1.54, 1.807) is 16.7 Å². The van der Waals surface area contributed by atoms with Crippen molar-refractivity contribution in [2.24, 2.45) is 0 Å². The number of thioether (sulfide) groups is 1. The van der Waals surface area contributed by atoms with Gasteiger partial charge in [-0.15, -0.1) is 11.8 Å². The van der Waals surface area contributed by atoms with Crippen LogP contribution in [0.5, 0.6) is 0 Å². The number of carbonyl (C=O) groups excluding carboxylic acids is 1. The van der Waals surface area contributed by atoms with Crippen molar-refractivity contribution >= 4 is 17.7 Å². The van der Waals surface area contributed by atoms with E-state index in [4.69, 9.17) is 5.11 Å². The summed E-state index contributed by atoms with van der Waals surface area (Å²) in [5.74, 6) is 6.81. The summed E-state index contributed by atoms with van der Waals surface area (Å²) in [5.41, 5.74) is 1.97. The zero-order valence-corrected chi connectivity index (χ0v) is 12.4. The van der Waals surface area contributed by atoms with Crippen LogP contribution in [0.1, 0.15) is 24.0 Å². The molecule has 1 unspecified atom stereocenters. The molecule has 1 aromatic rings. The van der Waals surface area contributed by atoms with E-state index in [0.717, 1.165) is 29.7 Å². The van der Waals surface area contributed by atoms with Crippen molar-refractivity contribution in [2.45, 2.75) is 24.6 Å². The molecular weight excluding hydrogens is 270 g/mol. The molecule has 1 aliphatic rings. The van der Waals surface area contributed by atoms with Gasteiger partial charge < -0.3 is 10.0 Å². The van der Waals surface area contributed by atoms with E-state index < -0.39 is 0 Å². The summed E-state index contributed by atoms with van der Waals surface area (Å²) in [4.78, 5) is 14.0. The number of aliphatic hydroxyl groups is 1. The molecule has 0 bridgehead atoms. The van der Waals surface area contributed by atoms with Gasteiger partial charge in [-0.3, -0.25) is 4.79 Å². The summed E-state index contributed by atoms with van der Waals surface area (Å²) in [7, 11) is 1.86. The van der Waals surface area contributed by atoms with E-state index in [-0.39, 0.29) is 17.8 Å². The van der Waals surface area contributed by atoms with Gasteiger partial charge in [0.15, 0.2) is 0 Å². The Morgan fingerprint density at radius 3 is 2.80 bits per heavy atom. The van der Waals surface area contributed by atoms with Gasteiger partial charge in [-0.1, -0.05) is 24.0 Å². The Morgan fingerprint density at radius 2 is 2.20 bits per heavy atom. The first kappa shape index (κ1) is 15.0. The standard InChI is InChI=1S/C16H19NO2S/c1-17(16(19)15-5-3-11-20-15)12-14-8-6-13(7-9-14)4-2-10-18/h6-9,15,18H,3,5,10-12H2,1H3. The molecule has 1 amide bonds. The third-order valence-corrected chi connectivity index (χ3v) is 4.63. The topological polar surface area (TPSA) is 40.5 Å². The van der Waals surface area contributed by atoms with Crippen LogP contribution in [0.15, 0.2) is 24.3 Å². The fraction of sp³-hybridized carbons (Fsp3) is 0.438. The molecule has 0 saturated carbocycles. The van der Waals surface area contributed by atoms with Crippen LogP contribution in [0.4, 0.5) is 0 Å². The zero-order valence-electron chi connectivity index (χ0n) is 11.6. The first-order valence-corrected chi connectivity index (χ1v) is 7.81. The molecule has 1 saturated heterocycles. The van der Waals surface area contributed by atoms with E-state index in [9.17, 15) is 4.79 Å². The Balaban J connectivity index is 1.93. The van der Waals surface area contributed by atoms with E-state index in [1.807, 2.05) is 31.3 Å². The van der Waals surface area contributed by atoms with Gasteiger partial charge in [0.05, 0.1) is 5.25 Å². The summed E-state index contributed by atoms with van der Waals surface area (Å²) in [6, 6.07) is 7.79. The lowest BCUT2D eigenvalue weighted by Gasteiger charge is -2.20. The summed E-state index contributed by atoms with van der Waals surface area (Å²) in [6.45, 7) is 0.502. The molecule has 0 aliphatic carbocycles. The van der Waals surface area contributed by atoms with Crippen LogP contribution in [0, 0.1) is 11.8 Å². The Bertz CT molecular complexity index is 510. The van der Waals surface area contributed by atoms with Crippen molar-refractivity contribution in [3.63, 3.8) is 0 Å². The van der Waals surface area contributed by atoms with Crippen LogP contribution in [0.25, 0.3) is 0 Å². The van der Waals surface area contributed by atoms with Crippen LogP contribution in [-0.2, 0) is 11.3 Å². The minimum absolute atomic E-state index is 0.127. The Kier molecular flexibility index (Phi) is 5.51. The third-order valence-electron chi connectivity index (χ3n) is 3.27. The molecule has 106 valence electrons. The Labute approximate surface area is 124 Å². The number of hydrogen-bond donors (Lipinski definition) is 1. The monoisotopic (exact) mass is 289 g/mol. The molecule has 3 nitrogen and oxygen atoms in total. The molecule has 0 aromatic heterocycles. The summed E-state index contributed by atoms with van der Waals surface area (Å²) in [6.07, 6.45) is 2.15. The smallest absolute Gasteiger partial charge is 0.235 e. The molecule has 2 rings (SSSR count). The molecule has 0 spiro atoms. The van der Waals surface area contributed by atoms with Crippen LogP contribution in [-0.4, -0.2) is 40.6 Å². The number of nitrogens with zero attached hydrogens (tertiary/aromatic N) is 1. The average Bonchev–Trinajstić information content (AvgIpc) is 3.00. The molecule has 1 aliphatic heterocycles. The van der Waals surface area contributed by atoms with Crippen LogP contribution in [0.2, 0.25) is 0 Å². The van der Waals surface area contributed by atoms with Crippen molar-refractivity contribution in [2.75, 3.05) is 19.4 Å². The maximum Gasteiger partial charge on any atom is 0.235 e. The lowest BCUT2D eigenvalue weighted by atomic mass is 10.1. The predicted molar refractivity (Wildman–Crippen MR) is 82.4 cm³/mol. The normalized spacial score (nSPS) is 17.4. The summed E-state index contributed by atoms with van der Waals surface area (Å²) < 4.78 is 0. The van der Waals surface area contributed by atoms with Gasteiger partial charge in [0.25, 0.3) is 0 Å². The average molecular weight is 289 g/mol. The molecule has 1 heterocycles. The largest absolute Gasteiger partial charge is 0.384 e. The van der Waals surface area contributed by atoms with Crippen molar-refractivity contribution in [3.8, 4) is 11.8 Å². The first-order valence-electron chi connectivity index (χ1n) is 6.76. The second-order valence-electron chi connectivity index (χ2n) is 4.85. The van der Waals surface area contributed by atoms with Gasteiger partial charge in [0.2, 0.25) is 5.91 Å². The number of hydrogen-bond acceptors (Lipinski definition) is 3. The number of carbonyl (C=O) groups is 1. The van der Waals surface area contributed by atoms with Crippen molar-refractivity contribution in [1.29, 1.82) is 0 Å². The number of rotatable bonds is 3. The molecule has 1 atom stereocenters. The summed E-state index contributed by atoms with van der Waals surface area (Å²) in [5, 5.41) is 8.79. The molecule has 4 heteroatoms. The lowest BCUT2D eigenvalue weighted by molar-refractivity contribution is -0.129. The van der Waals surface area contributed by atoms with Gasteiger partial charge in [-0.05, 0) is 36.3 Å². The van der Waals surface area contributed by atoms with Crippen molar-refractivity contribution < 1.29 is 9.90 Å². The molecule has 1 N–H and O–H groups in total. The van der Waals surface area contributed by atoms with Gasteiger partial charge in [-0.2, -0.15) is 0 Å². The number of amides is 1. The minimum Gasteiger partial charge on any atom is -0.384 e. The highest BCUT2D eigenvalue weighted by Crippen LogP contribution is 2.27. The highest BCUT2D eigenvalue weighted by Gasteiger charge is 2.25. The summed E-state index contributed by atoms with van der Waals surface area (Å²) >= 11 is 1.77. The molecular formula is C16H19NO2S. The quantitative estimate of drug-likeness (QED) is 0.864. The number of aliphatic hydroxyl groups excluding tert-OH is 1. The van der Waals surface area contributed by atoms with Crippen LogP contribution < -0.4 is 0 Å². The van der Waals surface area contributed by atoms with E-state index >= 15 is 0 Å². The highest BCUT2D eigenvalue weighted by atomic mass is 32.2. The van der Waals surface area contributed by atoms with Gasteiger partial charge in [0.1, 0.15) is 6.61 Å². The predicted octanol–water partition coefficient (Wildman–Crippen LogP) is 1.88. The Hall–Kier alpha value is -1.44. The van der Waals surface area contributed by atoms with E-state index in [1.165, 1.54) is 0 Å². The zero-order chi connectivity index (χ0) is 14.4.